The summed E-state index contributed by atoms with van der Waals surface area (Å²) in [6.45, 7) is 1.71. The minimum absolute atomic E-state index is 0.0670. The summed E-state index contributed by atoms with van der Waals surface area (Å²) in [5.41, 5.74) is 2.19. The van der Waals surface area contributed by atoms with Crippen molar-refractivity contribution >= 4 is 38.1 Å². The zero-order valence-electron chi connectivity index (χ0n) is 14.1. The molecule has 0 radical (unpaired) electrons. The topological polar surface area (TPSA) is 86.7 Å². The molecule has 1 amide bonds. The molecule has 0 saturated carbocycles. The van der Waals surface area contributed by atoms with Gasteiger partial charge in [0.15, 0.2) is 0 Å². The van der Waals surface area contributed by atoms with Crippen molar-refractivity contribution in [3.63, 3.8) is 0 Å². The van der Waals surface area contributed by atoms with Gasteiger partial charge in [0.2, 0.25) is 0 Å². The molecule has 7 heteroatoms. The van der Waals surface area contributed by atoms with Crippen molar-refractivity contribution in [3.8, 4) is 5.75 Å². The van der Waals surface area contributed by atoms with E-state index in [2.05, 4.69) is 4.72 Å². The Labute approximate surface area is 150 Å². The molecular formula is C19H16N2O4S. The first-order valence-corrected chi connectivity index (χ1v) is 9.44. The SMILES string of the molecule is Cc1cc(O)ccc1NS(=O)(=O)c1ccc2c3c(cccc13)C(=O)N2C. The average molecular weight is 368 g/mol. The van der Waals surface area contributed by atoms with E-state index in [4.69, 9.17) is 0 Å². The third-order valence-electron chi connectivity index (χ3n) is 4.62. The van der Waals surface area contributed by atoms with Crippen molar-refractivity contribution in [3.05, 3.63) is 59.7 Å². The summed E-state index contributed by atoms with van der Waals surface area (Å²) in [5, 5.41) is 10.6. The van der Waals surface area contributed by atoms with Gasteiger partial charge in [-0.05, 0) is 48.9 Å². The number of hydrogen-bond acceptors (Lipinski definition) is 4. The molecule has 4 rings (SSSR count). The fraction of sp³-hybridized carbons (Fsp3) is 0.105. The quantitative estimate of drug-likeness (QED) is 0.695. The van der Waals surface area contributed by atoms with Gasteiger partial charge in [-0.2, -0.15) is 0 Å². The lowest BCUT2D eigenvalue weighted by atomic mass is 10.1. The van der Waals surface area contributed by atoms with Crippen LogP contribution in [-0.4, -0.2) is 26.5 Å². The first-order chi connectivity index (χ1) is 12.3. The van der Waals surface area contributed by atoms with Crippen molar-refractivity contribution in [1.82, 2.24) is 0 Å². The Balaban J connectivity index is 1.88. The molecule has 0 fully saturated rings. The molecule has 132 valence electrons. The highest BCUT2D eigenvalue weighted by Crippen LogP contribution is 2.39. The summed E-state index contributed by atoms with van der Waals surface area (Å²) in [6.07, 6.45) is 0. The van der Waals surface area contributed by atoms with Gasteiger partial charge in [0, 0.05) is 23.4 Å². The second-order valence-electron chi connectivity index (χ2n) is 6.28. The molecule has 0 atom stereocenters. The number of hydrogen-bond donors (Lipinski definition) is 2. The Hall–Kier alpha value is -3.06. The normalized spacial score (nSPS) is 13.5. The summed E-state index contributed by atoms with van der Waals surface area (Å²) in [7, 11) is -2.21. The van der Waals surface area contributed by atoms with Crippen LogP contribution in [0.4, 0.5) is 11.4 Å². The molecule has 1 heterocycles. The monoisotopic (exact) mass is 368 g/mol. The van der Waals surface area contributed by atoms with E-state index in [9.17, 15) is 18.3 Å². The standard InChI is InChI=1S/C19H16N2O4S/c1-11-10-12(22)6-7-15(11)20-26(24,25)17-9-8-16-18-13(17)4-3-5-14(18)19(23)21(16)2/h3-10,20,22H,1-2H3. The Morgan fingerprint density at radius 1 is 1.08 bits per heavy atom. The Morgan fingerprint density at radius 3 is 2.58 bits per heavy atom. The van der Waals surface area contributed by atoms with Gasteiger partial charge < -0.3 is 10.0 Å². The highest BCUT2D eigenvalue weighted by molar-refractivity contribution is 7.93. The number of aryl methyl sites for hydroxylation is 1. The molecule has 2 N–H and O–H groups in total. The number of benzene rings is 3. The predicted octanol–water partition coefficient (Wildman–Crippen LogP) is 3.24. The predicted molar refractivity (Wildman–Crippen MR) is 100 cm³/mol. The van der Waals surface area contributed by atoms with Crippen molar-refractivity contribution in [2.75, 3.05) is 16.7 Å². The molecule has 0 aliphatic carbocycles. The number of anilines is 2. The number of aromatic hydroxyl groups is 1. The van der Waals surface area contributed by atoms with Crippen LogP contribution in [0, 0.1) is 6.92 Å². The molecule has 6 nitrogen and oxygen atoms in total. The Kier molecular flexibility index (Phi) is 3.45. The van der Waals surface area contributed by atoms with Crippen LogP contribution in [0.25, 0.3) is 10.8 Å². The summed E-state index contributed by atoms with van der Waals surface area (Å²) < 4.78 is 28.5. The highest BCUT2D eigenvalue weighted by atomic mass is 32.2. The number of nitrogens with zero attached hydrogens (tertiary/aromatic N) is 1. The smallest absolute Gasteiger partial charge is 0.262 e. The maximum atomic E-state index is 13.0. The number of phenols is 1. The van der Waals surface area contributed by atoms with Crippen molar-refractivity contribution < 1.29 is 18.3 Å². The van der Waals surface area contributed by atoms with Crippen LogP contribution in [0.3, 0.4) is 0 Å². The average Bonchev–Trinajstić information content (AvgIpc) is 2.84. The first kappa shape index (κ1) is 16.4. The molecule has 0 aromatic heterocycles. The molecule has 26 heavy (non-hydrogen) atoms. The van der Waals surface area contributed by atoms with Gasteiger partial charge >= 0.3 is 0 Å². The van der Waals surface area contributed by atoms with Crippen molar-refractivity contribution in [2.45, 2.75) is 11.8 Å². The summed E-state index contributed by atoms with van der Waals surface area (Å²) in [6, 6.07) is 12.7. The van der Waals surface area contributed by atoms with E-state index in [-0.39, 0.29) is 16.6 Å². The van der Waals surface area contributed by atoms with E-state index in [1.165, 1.54) is 29.2 Å². The maximum absolute atomic E-state index is 13.0. The van der Waals surface area contributed by atoms with Gasteiger partial charge in [-0.3, -0.25) is 9.52 Å². The minimum atomic E-state index is -3.88. The van der Waals surface area contributed by atoms with Crippen LogP contribution < -0.4 is 9.62 Å². The number of carbonyl (C=O) groups is 1. The van der Waals surface area contributed by atoms with Crippen LogP contribution >= 0.6 is 0 Å². The van der Waals surface area contributed by atoms with Crippen LogP contribution in [-0.2, 0) is 10.0 Å². The number of nitrogens with one attached hydrogen (secondary N) is 1. The third kappa shape index (κ3) is 2.32. The molecule has 0 bridgehead atoms. The van der Waals surface area contributed by atoms with Crippen LogP contribution in [0.1, 0.15) is 15.9 Å². The van der Waals surface area contributed by atoms with Gasteiger partial charge in [-0.15, -0.1) is 0 Å². The fourth-order valence-electron chi connectivity index (χ4n) is 3.31. The molecule has 3 aromatic carbocycles. The molecule has 0 unspecified atom stereocenters. The molecule has 1 aliphatic rings. The number of sulfonamides is 1. The Morgan fingerprint density at radius 2 is 1.85 bits per heavy atom. The van der Waals surface area contributed by atoms with E-state index in [0.29, 0.717) is 33.3 Å². The van der Waals surface area contributed by atoms with Gasteiger partial charge in [0.05, 0.1) is 16.3 Å². The van der Waals surface area contributed by atoms with E-state index in [1.54, 1.807) is 38.2 Å². The molecule has 1 aliphatic heterocycles. The molecule has 3 aromatic rings. The largest absolute Gasteiger partial charge is 0.508 e. The second kappa shape index (κ2) is 5.47. The van der Waals surface area contributed by atoms with E-state index >= 15 is 0 Å². The molecule has 0 saturated heterocycles. The van der Waals surface area contributed by atoms with Gasteiger partial charge in [0.1, 0.15) is 5.75 Å². The number of carbonyl (C=O) groups excluding carboxylic acids is 1. The third-order valence-corrected chi connectivity index (χ3v) is 6.04. The Bertz CT molecular complexity index is 1190. The van der Waals surface area contributed by atoms with E-state index in [1.807, 2.05) is 0 Å². The zero-order valence-corrected chi connectivity index (χ0v) is 15.0. The van der Waals surface area contributed by atoms with Crippen molar-refractivity contribution in [2.24, 2.45) is 0 Å². The second-order valence-corrected chi connectivity index (χ2v) is 7.93. The number of amides is 1. The van der Waals surface area contributed by atoms with Crippen LogP contribution in [0.2, 0.25) is 0 Å². The van der Waals surface area contributed by atoms with Crippen LogP contribution in [0.15, 0.2) is 53.4 Å². The maximum Gasteiger partial charge on any atom is 0.262 e. The number of phenolic OH excluding ortho intramolecular Hbond substituents is 1. The fourth-order valence-corrected chi connectivity index (χ4v) is 4.64. The van der Waals surface area contributed by atoms with Gasteiger partial charge in [0.25, 0.3) is 15.9 Å². The minimum Gasteiger partial charge on any atom is -0.508 e. The highest BCUT2D eigenvalue weighted by Gasteiger charge is 2.30. The van der Waals surface area contributed by atoms with Gasteiger partial charge in [-0.25, -0.2) is 8.42 Å². The van der Waals surface area contributed by atoms with Gasteiger partial charge in [-0.1, -0.05) is 12.1 Å². The lowest BCUT2D eigenvalue weighted by molar-refractivity contribution is 0.0999. The van der Waals surface area contributed by atoms with Crippen molar-refractivity contribution in [1.29, 1.82) is 0 Å². The first-order valence-electron chi connectivity index (χ1n) is 7.96. The summed E-state index contributed by atoms with van der Waals surface area (Å²) in [5.74, 6) is -0.0835. The molecular weight excluding hydrogens is 352 g/mol. The zero-order chi connectivity index (χ0) is 18.6. The summed E-state index contributed by atoms with van der Waals surface area (Å²) >= 11 is 0. The van der Waals surface area contributed by atoms with E-state index < -0.39 is 10.0 Å². The lowest BCUT2D eigenvalue weighted by Gasteiger charge is -2.14. The number of rotatable bonds is 3. The van der Waals surface area contributed by atoms with E-state index in [0.717, 1.165) is 0 Å². The summed E-state index contributed by atoms with van der Waals surface area (Å²) in [4.78, 5) is 14.0. The molecule has 0 spiro atoms. The van der Waals surface area contributed by atoms with Crippen LogP contribution in [0.5, 0.6) is 5.75 Å². The lowest BCUT2D eigenvalue weighted by Crippen LogP contribution is -2.20.